The maximum absolute atomic E-state index is 14.5. The Kier molecular flexibility index (Phi) is 9.22. The third-order valence-corrected chi connectivity index (χ3v) is 7.10. The van der Waals surface area contributed by atoms with Gasteiger partial charge < -0.3 is 15.5 Å². The molecule has 3 amide bonds. The highest BCUT2D eigenvalue weighted by molar-refractivity contribution is 9.10. The molecule has 0 saturated carbocycles. The molecule has 0 spiro atoms. The van der Waals surface area contributed by atoms with Crippen LogP contribution in [0.25, 0.3) is 0 Å². The molecule has 1 aliphatic rings. The second kappa shape index (κ2) is 11.7. The molecule has 224 valence electrons. The van der Waals surface area contributed by atoms with E-state index in [1.54, 1.807) is 17.1 Å². The highest BCUT2D eigenvalue weighted by Gasteiger charge is 2.73. The predicted molar refractivity (Wildman–Crippen MR) is 129 cm³/mol. The van der Waals surface area contributed by atoms with Crippen molar-refractivity contribution in [3.05, 3.63) is 51.6 Å². The minimum absolute atomic E-state index is 0.194. The number of aromatic nitrogens is 1. The molecule has 19 heteroatoms. The second-order valence-electron chi connectivity index (χ2n) is 8.25. The molecule has 1 fully saturated rings. The highest BCUT2D eigenvalue weighted by Crippen LogP contribution is 2.55. The number of carbonyl (C=O) groups excluding carboxylic acids is 3. The molecular weight excluding hydrogens is 670 g/mol. The molecule has 41 heavy (non-hydrogen) atoms. The van der Waals surface area contributed by atoms with Crippen LogP contribution in [0, 0.1) is 0 Å². The van der Waals surface area contributed by atoms with Crippen molar-refractivity contribution in [1.82, 2.24) is 9.88 Å². The number of halogens is 11. The summed E-state index contributed by atoms with van der Waals surface area (Å²) in [6.45, 7) is 0.606. The average molecular weight is 685 g/mol. The zero-order valence-corrected chi connectivity index (χ0v) is 22.3. The van der Waals surface area contributed by atoms with E-state index in [1.165, 1.54) is 4.90 Å². The summed E-state index contributed by atoms with van der Waals surface area (Å²) < 4.78 is 133. The molecule has 0 unspecified atom stereocenters. The van der Waals surface area contributed by atoms with Gasteiger partial charge in [-0.05, 0) is 40.2 Å². The number of benzene rings is 1. The van der Waals surface area contributed by atoms with Crippen LogP contribution in [-0.2, 0) is 21.4 Å². The van der Waals surface area contributed by atoms with Crippen molar-refractivity contribution < 1.29 is 58.3 Å². The van der Waals surface area contributed by atoms with Crippen LogP contribution in [0.2, 0.25) is 0 Å². The van der Waals surface area contributed by atoms with Crippen LogP contribution in [0.4, 0.5) is 55.4 Å². The van der Waals surface area contributed by atoms with E-state index in [4.69, 9.17) is 0 Å². The number of rotatable bonds is 4. The van der Waals surface area contributed by atoms with Crippen LogP contribution in [0.5, 0.6) is 0 Å². The van der Waals surface area contributed by atoms with Crippen molar-refractivity contribution in [2.45, 2.75) is 24.2 Å². The van der Waals surface area contributed by atoms with Crippen molar-refractivity contribution in [3.63, 3.8) is 0 Å². The van der Waals surface area contributed by atoms with Gasteiger partial charge in [0.2, 0.25) is 0 Å². The molecule has 1 aromatic carbocycles. The summed E-state index contributed by atoms with van der Waals surface area (Å²) in [6.07, 6.45) is -19.1. The molecular formula is C22H15BrF10N4O3S. The summed E-state index contributed by atoms with van der Waals surface area (Å²) in [5, 5.41) is 3.79. The van der Waals surface area contributed by atoms with E-state index in [9.17, 15) is 58.3 Å². The number of pyridine rings is 1. The Morgan fingerprint density at radius 1 is 0.878 bits per heavy atom. The van der Waals surface area contributed by atoms with Gasteiger partial charge in [0, 0.05) is 34.6 Å². The Hall–Kier alpha value is -3.09. The molecule has 0 aliphatic carbocycles. The van der Waals surface area contributed by atoms with Crippen LogP contribution in [0.3, 0.4) is 0 Å². The van der Waals surface area contributed by atoms with Gasteiger partial charge in [0.1, 0.15) is 11.5 Å². The van der Waals surface area contributed by atoms with Crippen molar-refractivity contribution in [1.29, 1.82) is 0 Å². The Labute approximate surface area is 236 Å². The van der Waals surface area contributed by atoms with Gasteiger partial charge in [-0.25, -0.2) is 9.37 Å². The summed E-state index contributed by atoms with van der Waals surface area (Å²) in [4.78, 5) is 42.2. The Balaban J connectivity index is 1.93. The topological polar surface area (TPSA) is 91.4 Å². The number of hydrogen-bond donors (Lipinski definition) is 2. The summed E-state index contributed by atoms with van der Waals surface area (Å²) >= 11 is 3.95. The van der Waals surface area contributed by atoms with Gasteiger partial charge in [-0.2, -0.15) is 51.3 Å². The number of anilines is 2. The first-order valence-electron chi connectivity index (χ1n) is 11.0. The Morgan fingerprint density at radius 2 is 1.46 bits per heavy atom. The molecule has 7 nitrogen and oxygen atoms in total. The van der Waals surface area contributed by atoms with Crippen LogP contribution >= 0.6 is 27.7 Å². The van der Waals surface area contributed by atoms with Crippen LogP contribution in [0.15, 0.2) is 34.8 Å². The van der Waals surface area contributed by atoms with Crippen LogP contribution < -0.4 is 10.6 Å². The smallest absolute Gasteiger partial charge is 0.333 e. The van der Waals surface area contributed by atoms with Crippen LogP contribution in [-0.4, -0.2) is 64.6 Å². The predicted octanol–water partition coefficient (Wildman–Crippen LogP) is 5.92. The lowest BCUT2D eigenvalue weighted by Crippen LogP contribution is -2.50. The van der Waals surface area contributed by atoms with Gasteiger partial charge in [-0.15, -0.1) is 0 Å². The Bertz CT molecular complexity index is 1330. The van der Waals surface area contributed by atoms with Crippen molar-refractivity contribution in [3.8, 4) is 0 Å². The summed E-state index contributed by atoms with van der Waals surface area (Å²) in [7, 11) is 0. The molecule has 2 N–H and O–H groups in total. The average Bonchev–Trinajstić information content (AvgIpc) is 2.87. The molecule has 2 heterocycles. The van der Waals surface area contributed by atoms with Gasteiger partial charge in [-0.1, -0.05) is 6.07 Å². The van der Waals surface area contributed by atoms with Crippen molar-refractivity contribution in [2.24, 2.45) is 0 Å². The summed E-state index contributed by atoms with van der Waals surface area (Å²) in [6, 6.07) is 2.29. The number of amides is 3. The first kappa shape index (κ1) is 32.4. The normalized spacial score (nSPS) is 15.0. The largest absolute Gasteiger partial charge is 0.435 e. The molecule has 3 rings (SSSR count). The zero-order valence-electron chi connectivity index (χ0n) is 19.9. The maximum atomic E-state index is 14.5. The molecule has 2 aromatic rings. The molecule has 0 bridgehead atoms. The summed E-state index contributed by atoms with van der Waals surface area (Å²) in [5.74, 6) is -2.64. The monoisotopic (exact) mass is 684 g/mol. The summed E-state index contributed by atoms with van der Waals surface area (Å²) in [5.41, 5.74) is -12.9. The number of alkyl halides is 10. The number of thioether (sulfide) groups is 1. The van der Waals surface area contributed by atoms with Gasteiger partial charge in [0.25, 0.3) is 5.91 Å². The second-order valence-corrected chi connectivity index (χ2v) is 10.3. The minimum Gasteiger partial charge on any atom is -0.333 e. The molecule has 0 atom stereocenters. The minimum atomic E-state index is -6.69. The van der Waals surface area contributed by atoms with Crippen molar-refractivity contribution in [2.75, 3.05) is 35.2 Å². The lowest BCUT2D eigenvalue weighted by Gasteiger charge is -2.31. The van der Waals surface area contributed by atoms with Crippen molar-refractivity contribution >= 4 is 56.9 Å². The van der Waals surface area contributed by atoms with Gasteiger partial charge in [0.15, 0.2) is 0 Å². The molecule has 0 radical (unpaired) electrons. The number of nitrogens with zero attached hydrogens (tertiary/aromatic N) is 2. The quantitative estimate of drug-likeness (QED) is 0.308. The highest BCUT2D eigenvalue weighted by atomic mass is 79.9. The van der Waals surface area contributed by atoms with Gasteiger partial charge in [-0.3, -0.25) is 14.4 Å². The SMILES string of the molecule is O=C(Nc1cccc(C(=O)Nc2c(Br)cc(C(F)(C(F)(F)F)C(F)(F)F)cc2C(F)(F)F)n1)C(=O)N1CCSCC1. The maximum Gasteiger partial charge on any atom is 0.435 e. The first-order chi connectivity index (χ1) is 18.8. The Morgan fingerprint density at radius 3 is 2.00 bits per heavy atom. The molecule has 1 aromatic heterocycles. The lowest BCUT2D eigenvalue weighted by molar-refractivity contribution is -0.348. The third kappa shape index (κ3) is 6.87. The van der Waals surface area contributed by atoms with Gasteiger partial charge >= 0.3 is 36.0 Å². The third-order valence-electron chi connectivity index (χ3n) is 5.53. The van der Waals surface area contributed by atoms with E-state index in [0.29, 0.717) is 24.6 Å². The zero-order chi connectivity index (χ0) is 31.0. The van der Waals surface area contributed by atoms with E-state index >= 15 is 0 Å². The first-order valence-corrected chi connectivity index (χ1v) is 12.9. The fourth-order valence-corrected chi connectivity index (χ4v) is 4.99. The van der Waals surface area contributed by atoms with E-state index in [1.807, 2.05) is 0 Å². The molecule has 1 saturated heterocycles. The van der Waals surface area contributed by atoms with E-state index < -0.39 is 75.0 Å². The standard InChI is InChI=1S/C22H15BrF10N4O3S/c23-12-9-10(19(24,21(28,29)30)22(31,32)33)8-11(20(25,26)27)15(12)36-16(38)13-2-1-3-14(34-13)35-17(39)18(40)37-4-6-41-7-5-37/h1-3,8-9H,4-7H2,(H,36,38)(H,34,35,39). The van der Waals surface area contributed by atoms with E-state index in [-0.39, 0.29) is 11.9 Å². The molecule has 1 aliphatic heterocycles. The van der Waals surface area contributed by atoms with E-state index in [0.717, 1.165) is 18.2 Å². The number of nitrogens with one attached hydrogen (secondary N) is 2. The number of hydrogen-bond acceptors (Lipinski definition) is 5. The fourth-order valence-electron chi connectivity index (χ4n) is 3.53. The number of carbonyl (C=O) groups is 3. The fraction of sp³-hybridized carbons (Fsp3) is 0.364. The van der Waals surface area contributed by atoms with Crippen LogP contribution in [0.1, 0.15) is 21.6 Å². The lowest BCUT2D eigenvalue weighted by atomic mass is 9.92. The van der Waals surface area contributed by atoms with E-state index in [2.05, 4.69) is 26.2 Å². The van der Waals surface area contributed by atoms with Gasteiger partial charge in [0.05, 0.1) is 11.3 Å².